The Hall–Kier alpha value is -2.62. The van der Waals surface area contributed by atoms with E-state index in [4.69, 9.17) is 4.74 Å². The number of hydrogen-bond donors (Lipinski definition) is 3. The summed E-state index contributed by atoms with van der Waals surface area (Å²) in [4.78, 5) is 50.1. The van der Waals surface area contributed by atoms with Gasteiger partial charge >= 0.3 is 17.9 Å². The molecule has 28 heavy (non-hydrogen) atoms. The van der Waals surface area contributed by atoms with Gasteiger partial charge in [0.1, 0.15) is 5.60 Å². The van der Waals surface area contributed by atoms with Crippen LogP contribution in [0, 0.1) is 6.92 Å². The second kappa shape index (κ2) is 9.05. The van der Waals surface area contributed by atoms with Gasteiger partial charge in [-0.25, -0.2) is 4.79 Å². The van der Waals surface area contributed by atoms with Crippen LogP contribution in [-0.2, 0) is 19.1 Å². The summed E-state index contributed by atoms with van der Waals surface area (Å²) in [6, 6.07) is 2.48. The quantitative estimate of drug-likeness (QED) is 0.510. The lowest BCUT2D eigenvalue weighted by molar-refractivity contribution is -0.137. The number of carbonyl (C=O) groups is 4. The Morgan fingerprint density at radius 3 is 2.46 bits per heavy atom. The van der Waals surface area contributed by atoms with Crippen molar-refractivity contribution in [3.63, 3.8) is 0 Å². The lowest BCUT2D eigenvalue weighted by atomic mass is 9.99. The zero-order valence-corrected chi connectivity index (χ0v) is 17.2. The van der Waals surface area contributed by atoms with Crippen molar-refractivity contribution in [3.8, 4) is 0 Å². The van der Waals surface area contributed by atoms with Gasteiger partial charge in [0, 0.05) is 18.0 Å². The van der Waals surface area contributed by atoms with Crippen LogP contribution >= 0.6 is 11.3 Å². The third kappa shape index (κ3) is 6.52. The summed E-state index contributed by atoms with van der Waals surface area (Å²) in [5, 5.41) is 8.46. The molecule has 0 aliphatic carbocycles. The van der Waals surface area contributed by atoms with Gasteiger partial charge in [-0.1, -0.05) is 0 Å². The number of piperidine rings is 1. The maximum absolute atomic E-state index is 12.3. The molecule has 0 aromatic carbocycles. The number of nitrogens with zero attached hydrogens (tertiary/aromatic N) is 1. The largest absolute Gasteiger partial charge is 0.444 e. The molecular weight excluding hydrogens is 384 g/mol. The molecular formula is C18H26N4O5S. The fourth-order valence-corrected chi connectivity index (χ4v) is 3.52. The minimum absolute atomic E-state index is 0.208. The van der Waals surface area contributed by atoms with Gasteiger partial charge in [-0.15, -0.1) is 11.3 Å². The molecule has 3 N–H and O–H groups in total. The van der Waals surface area contributed by atoms with E-state index >= 15 is 0 Å². The maximum Gasteiger partial charge on any atom is 0.408 e. The standard InChI is InChI=1S/C18H26N4O5S/c1-11-5-6-14(28-11)21-16(25)15(24)19-12-7-8-22(10-23)9-13(12)20-17(26)27-18(2,3)4/h5-6,10,12-13H,7-9H2,1-4H3,(H,19,24)(H,20,26)(H,21,25)/t12-,13+/m0/s1. The van der Waals surface area contributed by atoms with Gasteiger partial charge in [-0.2, -0.15) is 0 Å². The van der Waals surface area contributed by atoms with Crippen LogP contribution in [0.2, 0.25) is 0 Å². The topological polar surface area (TPSA) is 117 Å². The van der Waals surface area contributed by atoms with Crippen molar-refractivity contribution in [3.05, 3.63) is 17.0 Å². The van der Waals surface area contributed by atoms with E-state index < -0.39 is 35.6 Å². The molecule has 0 radical (unpaired) electrons. The van der Waals surface area contributed by atoms with E-state index in [9.17, 15) is 19.2 Å². The van der Waals surface area contributed by atoms with Crippen LogP contribution in [0.1, 0.15) is 32.1 Å². The summed E-state index contributed by atoms with van der Waals surface area (Å²) in [5.74, 6) is -1.58. The third-order valence-electron chi connectivity index (χ3n) is 4.00. The van der Waals surface area contributed by atoms with Gasteiger partial charge in [0.05, 0.1) is 17.1 Å². The Morgan fingerprint density at radius 1 is 1.18 bits per heavy atom. The molecule has 4 amide bonds. The van der Waals surface area contributed by atoms with Crippen LogP contribution in [0.15, 0.2) is 12.1 Å². The highest BCUT2D eigenvalue weighted by molar-refractivity contribution is 7.16. The van der Waals surface area contributed by atoms with Crippen molar-refractivity contribution in [1.82, 2.24) is 15.5 Å². The number of likely N-dealkylation sites (tertiary alicyclic amines) is 1. The molecule has 1 aliphatic heterocycles. The van der Waals surface area contributed by atoms with Crippen LogP contribution in [0.25, 0.3) is 0 Å². The molecule has 1 aromatic heterocycles. The summed E-state index contributed by atoms with van der Waals surface area (Å²) < 4.78 is 5.24. The molecule has 2 atom stereocenters. The fraction of sp³-hybridized carbons (Fsp3) is 0.556. The zero-order chi connectivity index (χ0) is 20.9. The van der Waals surface area contributed by atoms with E-state index in [1.165, 1.54) is 16.2 Å². The first-order chi connectivity index (χ1) is 13.1. The van der Waals surface area contributed by atoms with Crippen molar-refractivity contribution < 1.29 is 23.9 Å². The molecule has 2 heterocycles. The zero-order valence-electron chi connectivity index (χ0n) is 16.4. The summed E-state index contributed by atoms with van der Waals surface area (Å²) in [7, 11) is 0. The molecule has 10 heteroatoms. The van der Waals surface area contributed by atoms with Gasteiger partial charge in [0.2, 0.25) is 6.41 Å². The molecule has 1 aliphatic rings. The SMILES string of the molecule is Cc1ccc(NC(=O)C(=O)N[C@H]2CCN(C=O)C[C@H]2NC(=O)OC(C)(C)C)s1. The van der Waals surface area contributed by atoms with E-state index in [1.54, 1.807) is 26.8 Å². The molecule has 0 spiro atoms. The number of alkyl carbamates (subject to hydrolysis) is 1. The lowest BCUT2D eigenvalue weighted by Gasteiger charge is -2.37. The molecule has 154 valence electrons. The predicted octanol–water partition coefficient (Wildman–Crippen LogP) is 1.24. The average Bonchev–Trinajstić information content (AvgIpc) is 2.99. The maximum atomic E-state index is 12.3. The number of amides is 4. The van der Waals surface area contributed by atoms with Crippen molar-refractivity contribution in [2.24, 2.45) is 0 Å². The van der Waals surface area contributed by atoms with Crippen LogP contribution in [0.4, 0.5) is 9.80 Å². The summed E-state index contributed by atoms with van der Waals surface area (Å²) in [5.41, 5.74) is -0.680. The van der Waals surface area contributed by atoms with Crippen molar-refractivity contribution in [2.75, 3.05) is 18.4 Å². The summed E-state index contributed by atoms with van der Waals surface area (Å²) >= 11 is 1.37. The van der Waals surface area contributed by atoms with E-state index in [0.717, 1.165) is 4.88 Å². The van der Waals surface area contributed by atoms with E-state index in [2.05, 4.69) is 16.0 Å². The Kier molecular flexibility index (Phi) is 7.00. The highest BCUT2D eigenvalue weighted by Gasteiger charge is 2.33. The smallest absolute Gasteiger partial charge is 0.408 e. The number of ether oxygens (including phenoxy) is 1. The van der Waals surface area contributed by atoms with Crippen LogP contribution in [0.3, 0.4) is 0 Å². The molecule has 0 unspecified atom stereocenters. The number of nitrogens with one attached hydrogen (secondary N) is 3. The minimum atomic E-state index is -0.799. The first kappa shape index (κ1) is 21.7. The number of aryl methyl sites for hydroxylation is 1. The number of carbonyl (C=O) groups excluding carboxylic acids is 4. The van der Waals surface area contributed by atoms with Gasteiger partial charge in [0.15, 0.2) is 0 Å². The molecule has 2 rings (SSSR count). The monoisotopic (exact) mass is 410 g/mol. The molecule has 1 fully saturated rings. The van der Waals surface area contributed by atoms with Crippen LogP contribution in [0.5, 0.6) is 0 Å². The fourth-order valence-electron chi connectivity index (χ4n) is 2.76. The number of thiophene rings is 1. The molecule has 1 saturated heterocycles. The van der Waals surface area contributed by atoms with E-state index in [1.807, 2.05) is 13.0 Å². The van der Waals surface area contributed by atoms with Gasteiger partial charge in [-0.3, -0.25) is 14.4 Å². The van der Waals surface area contributed by atoms with E-state index in [-0.39, 0.29) is 6.54 Å². The predicted molar refractivity (Wildman–Crippen MR) is 105 cm³/mol. The van der Waals surface area contributed by atoms with Crippen LogP contribution in [-0.4, -0.2) is 60.0 Å². The molecule has 1 aromatic rings. The molecule has 0 bridgehead atoms. The van der Waals surface area contributed by atoms with Gasteiger partial charge in [0.25, 0.3) is 0 Å². The molecule has 0 saturated carbocycles. The second-order valence-corrected chi connectivity index (χ2v) is 8.87. The van der Waals surface area contributed by atoms with Gasteiger partial charge < -0.3 is 25.6 Å². The van der Waals surface area contributed by atoms with Gasteiger partial charge in [-0.05, 0) is 46.2 Å². The first-order valence-corrected chi connectivity index (χ1v) is 9.76. The number of anilines is 1. The van der Waals surface area contributed by atoms with Crippen molar-refractivity contribution >= 4 is 40.7 Å². The summed E-state index contributed by atoms with van der Waals surface area (Å²) in [6.07, 6.45) is 0.437. The third-order valence-corrected chi connectivity index (χ3v) is 4.91. The van der Waals surface area contributed by atoms with Crippen molar-refractivity contribution in [2.45, 2.75) is 51.8 Å². The number of hydrogen-bond acceptors (Lipinski definition) is 6. The minimum Gasteiger partial charge on any atom is -0.444 e. The highest BCUT2D eigenvalue weighted by atomic mass is 32.1. The molecule has 9 nitrogen and oxygen atoms in total. The van der Waals surface area contributed by atoms with Crippen molar-refractivity contribution in [1.29, 1.82) is 0 Å². The summed E-state index contributed by atoms with van der Waals surface area (Å²) in [6.45, 7) is 7.73. The number of rotatable bonds is 4. The highest BCUT2D eigenvalue weighted by Crippen LogP contribution is 2.20. The second-order valence-electron chi connectivity index (χ2n) is 7.59. The Bertz CT molecular complexity index is 743. The Labute approximate surface area is 167 Å². The average molecular weight is 410 g/mol. The Morgan fingerprint density at radius 2 is 1.89 bits per heavy atom. The first-order valence-electron chi connectivity index (χ1n) is 8.94. The van der Waals surface area contributed by atoms with E-state index in [0.29, 0.717) is 24.4 Å². The Balaban J connectivity index is 1.99. The van der Waals surface area contributed by atoms with Crippen LogP contribution < -0.4 is 16.0 Å². The normalized spacial score (nSPS) is 19.5. The lowest BCUT2D eigenvalue weighted by Crippen LogP contribution is -2.61.